The summed E-state index contributed by atoms with van der Waals surface area (Å²) in [6.45, 7) is 0. The van der Waals surface area contributed by atoms with E-state index in [1.54, 1.807) is 0 Å². The molecule has 0 aromatic heterocycles. The van der Waals surface area contributed by atoms with Crippen LogP contribution in [-0.4, -0.2) is 12.5 Å². The molecule has 0 radical (unpaired) electrons. The van der Waals surface area contributed by atoms with Crippen molar-refractivity contribution in [2.45, 2.75) is 12.6 Å². The first-order valence-corrected chi connectivity index (χ1v) is 5.46. The molecule has 0 heterocycles. The number of carbonyl (C=O) groups is 1. The van der Waals surface area contributed by atoms with E-state index < -0.39 is 11.6 Å². The lowest BCUT2D eigenvalue weighted by Crippen LogP contribution is -2.38. The van der Waals surface area contributed by atoms with Crippen LogP contribution in [0.5, 0.6) is 0 Å². The largest absolute Gasteiger partial charge is 0.404 e. The highest BCUT2D eigenvalue weighted by molar-refractivity contribution is 5.78. The number of aldehydes is 1. The predicted molar refractivity (Wildman–Crippen MR) is 62.7 cm³/mol. The van der Waals surface area contributed by atoms with Gasteiger partial charge in [-0.2, -0.15) is 13.2 Å². The summed E-state index contributed by atoms with van der Waals surface area (Å²) in [7, 11) is 0. The molecule has 2 rings (SSSR count). The average molecular weight is 252 g/mol. The van der Waals surface area contributed by atoms with Crippen molar-refractivity contribution < 1.29 is 18.0 Å². The monoisotopic (exact) mass is 252 g/mol. The molecule has 1 atom stereocenters. The predicted octanol–water partition coefficient (Wildman–Crippen LogP) is 3.78. The van der Waals surface area contributed by atoms with Gasteiger partial charge in [-0.05, 0) is 17.6 Å². The van der Waals surface area contributed by atoms with Gasteiger partial charge in [0.2, 0.25) is 0 Å². The van der Waals surface area contributed by atoms with Gasteiger partial charge in [-0.15, -0.1) is 0 Å². The molecule has 18 heavy (non-hydrogen) atoms. The Kier molecular flexibility index (Phi) is 3.11. The Morgan fingerprint density at radius 1 is 1.17 bits per heavy atom. The van der Waals surface area contributed by atoms with Crippen molar-refractivity contribution in [3.8, 4) is 0 Å². The van der Waals surface area contributed by atoms with Crippen LogP contribution in [0.3, 0.4) is 0 Å². The van der Waals surface area contributed by atoms with Gasteiger partial charge in [0, 0.05) is 0 Å². The Balaban J connectivity index is 2.29. The summed E-state index contributed by atoms with van der Waals surface area (Å²) in [6.07, 6.45) is -1.16. The smallest absolute Gasteiger partial charge is 0.302 e. The Hall–Kier alpha value is -1.84. The number of hydrogen-bond donors (Lipinski definition) is 0. The molecule has 4 heteroatoms. The molecule has 1 aliphatic rings. The molecule has 1 nitrogen and oxygen atoms in total. The fourth-order valence-corrected chi connectivity index (χ4v) is 1.86. The van der Waals surface area contributed by atoms with Gasteiger partial charge < -0.3 is 4.79 Å². The molecular formula is C14H11F3O. The van der Waals surface area contributed by atoms with E-state index in [2.05, 4.69) is 0 Å². The first kappa shape index (κ1) is 12.6. The van der Waals surface area contributed by atoms with Crippen LogP contribution in [-0.2, 0) is 4.79 Å². The van der Waals surface area contributed by atoms with E-state index in [1.165, 1.54) is 12.2 Å². The number of rotatable bonds is 2. The van der Waals surface area contributed by atoms with E-state index in [9.17, 15) is 18.0 Å². The lowest BCUT2D eigenvalue weighted by Gasteiger charge is -2.28. The standard InChI is InChI=1S/C14H11F3O/c15-14(16,17)13(10-18)8-6-12(7-9-13)11-4-2-1-3-5-11/h1-8,10H,9H2. The van der Waals surface area contributed by atoms with E-state index in [4.69, 9.17) is 0 Å². The first-order chi connectivity index (χ1) is 8.48. The number of halogens is 3. The van der Waals surface area contributed by atoms with E-state index in [1.807, 2.05) is 30.3 Å². The summed E-state index contributed by atoms with van der Waals surface area (Å²) < 4.78 is 38.4. The van der Waals surface area contributed by atoms with Gasteiger partial charge in [0.05, 0.1) is 0 Å². The highest BCUT2D eigenvalue weighted by atomic mass is 19.4. The van der Waals surface area contributed by atoms with Crippen LogP contribution in [0.4, 0.5) is 13.2 Å². The summed E-state index contributed by atoms with van der Waals surface area (Å²) in [5.74, 6) is 0. The van der Waals surface area contributed by atoms with Gasteiger partial charge in [-0.25, -0.2) is 0 Å². The zero-order valence-corrected chi connectivity index (χ0v) is 9.45. The molecule has 0 N–H and O–H groups in total. The Morgan fingerprint density at radius 3 is 2.28 bits per heavy atom. The number of alkyl halides is 3. The topological polar surface area (TPSA) is 17.1 Å². The Labute approximate surface area is 103 Å². The summed E-state index contributed by atoms with van der Waals surface area (Å²) in [5.41, 5.74) is -0.821. The Morgan fingerprint density at radius 2 is 1.83 bits per heavy atom. The van der Waals surface area contributed by atoms with Crippen molar-refractivity contribution in [3.63, 3.8) is 0 Å². The fourth-order valence-electron chi connectivity index (χ4n) is 1.86. The van der Waals surface area contributed by atoms with Crippen LogP contribution in [0.2, 0.25) is 0 Å². The van der Waals surface area contributed by atoms with Crippen LogP contribution >= 0.6 is 0 Å². The van der Waals surface area contributed by atoms with Gasteiger partial charge in [-0.3, -0.25) is 0 Å². The third-order valence-electron chi connectivity index (χ3n) is 3.07. The normalized spacial score (nSPS) is 23.6. The molecule has 0 saturated heterocycles. The molecule has 0 aliphatic heterocycles. The molecule has 0 saturated carbocycles. The third kappa shape index (κ3) is 2.10. The molecule has 94 valence electrons. The third-order valence-corrected chi connectivity index (χ3v) is 3.07. The maximum atomic E-state index is 12.8. The summed E-state index contributed by atoms with van der Waals surface area (Å²) >= 11 is 0. The molecule has 0 spiro atoms. The van der Waals surface area contributed by atoms with Gasteiger partial charge in [-0.1, -0.05) is 48.6 Å². The highest BCUT2D eigenvalue weighted by Gasteiger charge is 2.53. The molecule has 0 fully saturated rings. The number of benzene rings is 1. The number of allylic oxidation sites excluding steroid dienone is 4. The van der Waals surface area contributed by atoms with Crippen molar-refractivity contribution in [2.24, 2.45) is 5.41 Å². The second-order valence-corrected chi connectivity index (χ2v) is 4.22. The SMILES string of the molecule is O=CC1(C(F)(F)F)C=CC(c2ccccc2)=CC1. The number of hydrogen-bond acceptors (Lipinski definition) is 1. The van der Waals surface area contributed by atoms with Crippen LogP contribution in [0, 0.1) is 5.41 Å². The summed E-state index contributed by atoms with van der Waals surface area (Å²) in [6, 6.07) is 9.10. The second-order valence-electron chi connectivity index (χ2n) is 4.22. The first-order valence-electron chi connectivity index (χ1n) is 5.46. The lowest BCUT2D eigenvalue weighted by atomic mass is 9.79. The molecule has 0 bridgehead atoms. The Bertz CT molecular complexity index is 500. The maximum absolute atomic E-state index is 12.8. The van der Waals surface area contributed by atoms with Crippen LogP contribution < -0.4 is 0 Å². The zero-order chi connectivity index (χ0) is 13.2. The zero-order valence-electron chi connectivity index (χ0n) is 9.45. The van der Waals surface area contributed by atoms with Crippen molar-refractivity contribution in [2.75, 3.05) is 0 Å². The maximum Gasteiger partial charge on any atom is 0.404 e. The molecule has 1 aromatic carbocycles. The molecule has 1 aromatic rings. The van der Waals surface area contributed by atoms with Crippen LogP contribution in [0.25, 0.3) is 5.57 Å². The van der Waals surface area contributed by atoms with Gasteiger partial charge in [0.1, 0.15) is 11.7 Å². The van der Waals surface area contributed by atoms with Gasteiger partial charge in [0.25, 0.3) is 0 Å². The molecule has 1 unspecified atom stereocenters. The summed E-state index contributed by atoms with van der Waals surface area (Å²) in [5, 5.41) is 0. The van der Waals surface area contributed by atoms with Crippen LogP contribution in [0.1, 0.15) is 12.0 Å². The van der Waals surface area contributed by atoms with Crippen molar-refractivity contribution in [1.29, 1.82) is 0 Å². The molecular weight excluding hydrogens is 241 g/mol. The number of carbonyl (C=O) groups excluding carboxylic acids is 1. The van der Waals surface area contributed by atoms with Gasteiger partial charge in [0.15, 0.2) is 0 Å². The fraction of sp³-hybridized carbons (Fsp3) is 0.214. The minimum absolute atomic E-state index is 0.0260. The van der Waals surface area contributed by atoms with E-state index in [0.29, 0.717) is 5.57 Å². The minimum atomic E-state index is -4.55. The van der Waals surface area contributed by atoms with Crippen molar-refractivity contribution in [3.05, 3.63) is 54.1 Å². The molecule has 1 aliphatic carbocycles. The van der Waals surface area contributed by atoms with Gasteiger partial charge >= 0.3 is 6.18 Å². The van der Waals surface area contributed by atoms with Crippen LogP contribution in [0.15, 0.2) is 48.6 Å². The minimum Gasteiger partial charge on any atom is -0.302 e. The van der Waals surface area contributed by atoms with E-state index >= 15 is 0 Å². The quantitative estimate of drug-likeness (QED) is 0.732. The average Bonchev–Trinajstić information content (AvgIpc) is 2.38. The molecule has 0 amide bonds. The summed E-state index contributed by atoms with van der Waals surface area (Å²) in [4.78, 5) is 10.8. The van der Waals surface area contributed by atoms with Crippen molar-refractivity contribution in [1.82, 2.24) is 0 Å². The van der Waals surface area contributed by atoms with E-state index in [0.717, 1.165) is 11.6 Å². The second kappa shape index (κ2) is 4.44. The highest BCUT2D eigenvalue weighted by Crippen LogP contribution is 2.44. The van der Waals surface area contributed by atoms with E-state index in [-0.39, 0.29) is 12.7 Å². The lowest BCUT2D eigenvalue weighted by molar-refractivity contribution is -0.198. The van der Waals surface area contributed by atoms with Crippen molar-refractivity contribution >= 4 is 11.9 Å².